The average molecular weight is 440 g/mol. The summed E-state index contributed by atoms with van der Waals surface area (Å²) < 4.78 is 1.11. The molecule has 0 fully saturated rings. The quantitative estimate of drug-likeness (QED) is 0.440. The highest BCUT2D eigenvalue weighted by molar-refractivity contribution is 9.10. The molecule has 0 spiro atoms. The number of benzene rings is 1. The van der Waals surface area contributed by atoms with Crippen molar-refractivity contribution in [2.45, 2.75) is 88.9 Å². The molecule has 25 heavy (non-hydrogen) atoms. The van der Waals surface area contributed by atoms with Gasteiger partial charge >= 0.3 is 0 Å². The monoisotopic (exact) mass is 438 g/mol. The molecule has 0 bridgehead atoms. The zero-order chi connectivity index (χ0) is 19.3. The van der Waals surface area contributed by atoms with Crippen LogP contribution in [0, 0.1) is 0 Å². The van der Waals surface area contributed by atoms with Crippen LogP contribution in [0.2, 0.25) is 36.3 Å². The molecule has 0 aliphatic heterocycles. The fraction of sp³-hybridized carbons (Fsp3) is 0.667. The molecule has 0 heterocycles. The van der Waals surface area contributed by atoms with E-state index in [2.05, 4.69) is 95.3 Å². The van der Waals surface area contributed by atoms with Gasteiger partial charge in [-0.1, -0.05) is 83.2 Å². The van der Waals surface area contributed by atoms with Crippen molar-refractivity contribution in [1.29, 1.82) is 0 Å². The summed E-state index contributed by atoms with van der Waals surface area (Å²) >= 11 is 3.65. The lowest BCUT2D eigenvalue weighted by Gasteiger charge is -2.47. The highest BCUT2D eigenvalue weighted by Crippen LogP contribution is 2.57. The van der Waals surface area contributed by atoms with E-state index < -0.39 is 16.1 Å². The number of halogens is 1. The number of Topliss-reactive ketones (excluding diaryl/α,β-unsaturated/α-hetero) is 1. The summed E-state index contributed by atoms with van der Waals surface area (Å²) in [6, 6.07) is 6.65. The lowest BCUT2D eigenvalue weighted by atomic mass is 10.1. The van der Waals surface area contributed by atoms with Crippen molar-refractivity contribution in [3.8, 4) is 0 Å². The van der Waals surface area contributed by atoms with Crippen molar-refractivity contribution in [1.82, 2.24) is 0 Å². The van der Waals surface area contributed by atoms with E-state index >= 15 is 0 Å². The predicted octanol–water partition coefficient (Wildman–Crippen LogP) is 7.29. The van der Waals surface area contributed by atoms with Gasteiger partial charge in [-0.25, -0.2) is 0 Å². The largest absolute Gasteiger partial charge is 0.299 e. The van der Waals surface area contributed by atoms with Crippen LogP contribution in [0.1, 0.15) is 63.8 Å². The van der Waals surface area contributed by atoms with E-state index in [-0.39, 0.29) is 11.1 Å². The summed E-state index contributed by atoms with van der Waals surface area (Å²) in [5.41, 5.74) is 4.79. The molecule has 2 rings (SSSR count). The lowest BCUT2D eigenvalue weighted by Crippen LogP contribution is -2.53. The second-order valence-corrected chi connectivity index (χ2v) is 22.1. The van der Waals surface area contributed by atoms with Gasteiger partial charge in [0.05, 0.1) is 16.1 Å². The Balaban J connectivity index is 2.80. The maximum atomic E-state index is 13.9. The minimum atomic E-state index is -1.89. The van der Waals surface area contributed by atoms with Gasteiger partial charge in [0.2, 0.25) is 0 Å². The highest BCUT2D eigenvalue weighted by Gasteiger charge is 2.58. The van der Waals surface area contributed by atoms with Crippen molar-refractivity contribution in [3.63, 3.8) is 0 Å². The first-order chi connectivity index (χ1) is 11.4. The topological polar surface area (TPSA) is 17.1 Å². The highest BCUT2D eigenvalue weighted by atomic mass is 79.9. The Hall–Kier alpha value is -0.196. The van der Waals surface area contributed by atoms with E-state index in [0.717, 1.165) is 4.47 Å². The number of rotatable bonds is 5. The molecule has 1 nitrogen and oxygen atoms in total. The molecule has 140 valence electrons. The van der Waals surface area contributed by atoms with Gasteiger partial charge in [0.1, 0.15) is 5.78 Å². The van der Waals surface area contributed by atoms with Gasteiger partial charge < -0.3 is 0 Å². The summed E-state index contributed by atoms with van der Waals surface area (Å²) in [6.45, 7) is 21.3. The summed E-state index contributed by atoms with van der Waals surface area (Å²) in [4.78, 5) is 13.9. The Labute approximate surface area is 165 Å². The minimum Gasteiger partial charge on any atom is -0.299 e. The molecule has 1 aliphatic rings. The number of carbonyl (C=O) groups is 1. The van der Waals surface area contributed by atoms with Crippen LogP contribution in [0.5, 0.6) is 0 Å². The van der Waals surface area contributed by atoms with E-state index in [1.54, 1.807) is 0 Å². The van der Waals surface area contributed by atoms with Crippen LogP contribution in [0.3, 0.4) is 0 Å². The number of ketones is 1. The fourth-order valence-electron chi connectivity index (χ4n) is 5.94. The van der Waals surface area contributed by atoms with Gasteiger partial charge in [-0.2, -0.15) is 0 Å². The second kappa shape index (κ2) is 7.08. The third-order valence-corrected chi connectivity index (χ3v) is 17.0. The Morgan fingerprint density at radius 2 is 1.32 bits per heavy atom. The molecular formula is C21H35BrOSi2. The maximum absolute atomic E-state index is 13.9. The second-order valence-electron chi connectivity index (χ2n) is 9.87. The molecule has 0 radical (unpaired) electrons. The maximum Gasteiger partial charge on any atom is 0.142 e. The molecule has 0 aromatic heterocycles. The van der Waals surface area contributed by atoms with Gasteiger partial charge in [-0.15, -0.1) is 0 Å². The summed E-state index contributed by atoms with van der Waals surface area (Å²) in [6.07, 6.45) is 0. The summed E-state index contributed by atoms with van der Waals surface area (Å²) in [5, 5.41) is 0. The number of fused-ring (bicyclic) bond motifs is 1. The third-order valence-electron chi connectivity index (χ3n) is 6.61. The van der Waals surface area contributed by atoms with E-state index in [4.69, 9.17) is 0 Å². The first-order valence-corrected chi connectivity index (χ1v) is 16.4. The zero-order valence-electron chi connectivity index (χ0n) is 17.4. The molecular weight excluding hydrogens is 404 g/mol. The van der Waals surface area contributed by atoms with Crippen LogP contribution in [-0.2, 0) is 4.79 Å². The van der Waals surface area contributed by atoms with Crippen LogP contribution in [-0.4, -0.2) is 21.9 Å². The van der Waals surface area contributed by atoms with Crippen molar-refractivity contribution < 1.29 is 4.79 Å². The van der Waals surface area contributed by atoms with Gasteiger partial charge in [0, 0.05) is 15.6 Å². The number of carbonyl (C=O) groups excluding carboxylic acids is 1. The standard InChI is InChI=1S/C21H35BrOSi2/c1-13(2)25(14(3)4,15(5)6)21-17-11-10-16(22)12-18(17)20(19(21)23)24(7,8)9/h10-15,20-21H,1-9H3. The number of hydrogen-bond donors (Lipinski definition) is 0. The molecule has 0 saturated heterocycles. The van der Waals surface area contributed by atoms with Gasteiger partial charge in [0.15, 0.2) is 0 Å². The van der Waals surface area contributed by atoms with Crippen LogP contribution >= 0.6 is 15.9 Å². The van der Waals surface area contributed by atoms with Crippen LogP contribution in [0.25, 0.3) is 0 Å². The van der Waals surface area contributed by atoms with Gasteiger partial charge in [-0.05, 0) is 39.9 Å². The smallest absolute Gasteiger partial charge is 0.142 e. The van der Waals surface area contributed by atoms with Crippen molar-refractivity contribution in [2.24, 2.45) is 0 Å². The minimum absolute atomic E-state index is 0.146. The lowest BCUT2D eigenvalue weighted by molar-refractivity contribution is -0.118. The summed E-state index contributed by atoms with van der Waals surface area (Å²) in [7, 11) is -3.52. The Morgan fingerprint density at radius 1 is 0.840 bits per heavy atom. The molecule has 0 saturated carbocycles. The zero-order valence-corrected chi connectivity index (χ0v) is 21.0. The van der Waals surface area contributed by atoms with E-state index in [0.29, 0.717) is 22.4 Å². The van der Waals surface area contributed by atoms with E-state index in [1.165, 1.54) is 11.1 Å². The Kier molecular flexibility index (Phi) is 5.98. The fourth-order valence-corrected chi connectivity index (χ4v) is 16.2. The molecule has 2 unspecified atom stereocenters. The first-order valence-electron chi connectivity index (χ1n) is 9.69. The summed E-state index contributed by atoms with van der Waals surface area (Å²) in [5.74, 6) is 0.551. The van der Waals surface area contributed by atoms with Crippen LogP contribution in [0.4, 0.5) is 0 Å². The molecule has 2 atom stereocenters. The van der Waals surface area contributed by atoms with Gasteiger partial charge in [0.25, 0.3) is 0 Å². The molecule has 0 N–H and O–H groups in total. The molecule has 4 heteroatoms. The average Bonchev–Trinajstić information content (AvgIpc) is 2.70. The van der Waals surface area contributed by atoms with Crippen molar-refractivity contribution >= 4 is 37.9 Å². The Morgan fingerprint density at radius 3 is 1.72 bits per heavy atom. The van der Waals surface area contributed by atoms with Crippen LogP contribution < -0.4 is 0 Å². The molecule has 1 aromatic carbocycles. The van der Waals surface area contributed by atoms with Crippen molar-refractivity contribution in [2.75, 3.05) is 0 Å². The van der Waals surface area contributed by atoms with E-state index in [1.807, 2.05) is 0 Å². The molecule has 1 aromatic rings. The Bertz CT molecular complexity index is 637. The SMILES string of the molecule is CC(C)[Si](C(C)C)(C(C)C)C1C(=O)C([Si](C)(C)C)c2cc(Br)ccc21. The first kappa shape index (κ1) is 21.1. The van der Waals surface area contributed by atoms with Crippen molar-refractivity contribution in [3.05, 3.63) is 33.8 Å². The molecule has 1 aliphatic carbocycles. The third kappa shape index (κ3) is 3.27. The predicted molar refractivity (Wildman–Crippen MR) is 119 cm³/mol. The number of hydrogen-bond acceptors (Lipinski definition) is 1. The van der Waals surface area contributed by atoms with Crippen LogP contribution in [0.15, 0.2) is 22.7 Å². The van der Waals surface area contributed by atoms with E-state index in [9.17, 15) is 4.79 Å². The van der Waals surface area contributed by atoms with Gasteiger partial charge in [-0.3, -0.25) is 4.79 Å². The normalized spacial score (nSPS) is 21.6. The molecule has 0 amide bonds.